The first-order valence-corrected chi connectivity index (χ1v) is 10.1. The van der Waals surface area contributed by atoms with E-state index in [-0.39, 0.29) is 12.4 Å². The molecule has 0 bridgehead atoms. The average Bonchev–Trinajstić information content (AvgIpc) is 2.62. The zero-order chi connectivity index (χ0) is 19.0. The molecule has 0 aromatic heterocycles. The fourth-order valence-electron chi connectivity index (χ4n) is 1.84. The second-order valence-electron chi connectivity index (χ2n) is 5.22. The Morgan fingerprint density at radius 1 is 1.12 bits per heavy atom. The normalized spacial score (nSPS) is 14.1. The van der Waals surface area contributed by atoms with Crippen LogP contribution in [0.25, 0.3) is 0 Å². The fraction of sp³-hybridized carbons (Fsp3) is 0.235. The van der Waals surface area contributed by atoms with Gasteiger partial charge in [-0.1, -0.05) is 30.3 Å². The third-order valence-corrected chi connectivity index (χ3v) is 4.41. The van der Waals surface area contributed by atoms with Crippen molar-refractivity contribution in [3.8, 4) is 11.5 Å². The summed E-state index contributed by atoms with van der Waals surface area (Å²) < 4.78 is 26.9. The molecule has 0 spiro atoms. The van der Waals surface area contributed by atoms with Gasteiger partial charge in [-0.25, -0.2) is 9.36 Å². The van der Waals surface area contributed by atoms with E-state index in [0.717, 1.165) is 5.56 Å². The molecule has 2 aromatic rings. The number of hydrogen-bond acceptors (Lipinski definition) is 7. The minimum atomic E-state index is -4.15. The van der Waals surface area contributed by atoms with Gasteiger partial charge in [-0.15, -0.1) is 0 Å². The van der Waals surface area contributed by atoms with Gasteiger partial charge < -0.3 is 13.8 Å². The molecule has 0 aliphatic rings. The summed E-state index contributed by atoms with van der Waals surface area (Å²) >= 11 is 5.70. The highest BCUT2D eigenvalue weighted by atomic mass is 35.7. The summed E-state index contributed by atoms with van der Waals surface area (Å²) in [7, 11) is 1.51. The Bertz CT molecular complexity index is 756. The van der Waals surface area contributed by atoms with Crippen molar-refractivity contribution in [2.75, 3.05) is 7.11 Å². The van der Waals surface area contributed by atoms with Crippen LogP contribution in [0.4, 0.5) is 0 Å². The van der Waals surface area contributed by atoms with Crippen molar-refractivity contribution in [2.45, 2.75) is 19.6 Å². The smallest absolute Gasteiger partial charge is 0.497 e. The molecular weight excluding hydrogens is 381 g/mol. The molecule has 2 aromatic carbocycles. The number of hydrogen-bond donors (Lipinski definition) is 1. The first-order chi connectivity index (χ1) is 12.4. The molecule has 9 heteroatoms. The number of benzene rings is 2. The van der Waals surface area contributed by atoms with Crippen LogP contribution in [-0.2, 0) is 25.3 Å². The first-order valence-electron chi connectivity index (χ1n) is 7.67. The SMILES string of the molecule is COc1ccc(OP(=O)(Cl)OC(=O)[C@H](C)NOCc2ccccc2)cc1. The number of hydroxylamine groups is 1. The molecule has 1 N–H and O–H groups in total. The number of nitrogens with one attached hydrogen (secondary N) is 1. The Balaban J connectivity index is 1.80. The van der Waals surface area contributed by atoms with E-state index < -0.39 is 19.0 Å². The molecule has 1 unspecified atom stereocenters. The van der Waals surface area contributed by atoms with Gasteiger partial charge in [0.25, 0.3) is 0 Å². The van der Waals surface area contributed by atoms with Crippen molar-refractivity contribution in [3.05, 3.63) is 60.2 Å². The van der Waals surface area contributed by atoms with Crippen molar-refractivity contribution in [3.63, 3.8) is 0 Å². The minimum absolute atomic E-state index is 0.179. The lowest BCUT2D eigenvalue weighted by Gasteiger charge is -2.16. The van der Waals surface area contributed by atoms with E-state index in [1.165, 1.54) is 26.2 Å². The summed E-state index contributed by atoms with van der Waals surface area (Å²) in [5, 5.41) is 0. The summed E-state index contributed by atoms with van der Waals surface area (Å²) in [6.07, 6.45) is 0. The Labute approximate surface area is 156 Å². The maximum Gasteiger partial charge on any atom is 0.532 e. The van der Waals surface area contributed by atoms with Crippen LogP contribution in [0.5, 0.6) is 11.5 Å². The minimum Gasteiger partial charge on any atom is -0.497 e. The molecule has 2 atom stereocenters. The number of carbonyl (C=O) groups is 1. The van der Waals surface area contributed by atoms with Crippen molar-refractivity contribution < 1.29 is 28.0 Å². The van der Waals surface area contributed by atoms with E-state index in [0.29, 0.717) is 5.75 Å². The Morgan fingerprint density at radius 2 is 1.73 bits per heavy atom. The molecule has 0 radical (unpaired) electrons. The summed E-state index contributed by atoms with van der Waals surface area (Å²) in [4.78, 5) is 17.2. The van der Waals surface area contributed by atoms with Crippen LogP contribution in [0.15, 0.2) is 54.6 Å². The van der Waals surface area contributed by atoms with Crippen LogP contribution in [0, 0.1) is 0 Å². The zero-order valence-corrected chi connectivity index (χ0v) is 15.9. The highest BCUT2D eigenvalue weighted by Gasteiger charge is 2.30. The molecule has 140 valence electrons. The van der Waals surface area contributed by atoms with E-state index in [2.05, 4.69) is 5.48 Å². The summed E-state index contributed by atoms with van der Waals surface area (Å²) in [6.45, 7) is -2.42. The van der Waals surface area contributed by atoms with Crippen LogP contribution in [0.2, 0.25) is 0 Å². The molecule has 0 aliphatic heterocycles. The zero-order valence-electron chi connectivity index (χ0n) is 14.3. The first kappa shape index (κ1) is 20.3. The van der Waals surface area contributed by atoms with E-state index in [1.54, 1.807) is 12.1 Å². The van der Waals surface area contributed by atoms with Gasteiger partial charge in [0.15, 0.2) is 0 Å². The second kappa shape index (κ2) is 9.59. The molecule has 0 aliphatic carbocycles. The monoisotopic (exact) mass is 399 g/mol. The molecule has 0 saturated carbocycles. The Kier molecular flexibility index (Phi) is 7.48. The number of ether oxygens (including phenoxy) is 1. The van der Waals surface area contributed by atoms with Crippen molar-refractivity contribution in [1.82, 2.24) is 5.48 Å². The number of halogens is 1. The summed E-state index contributed by atoms with van der Waals surface area (Å²) in [5.74, 6) is -0.102. The van der Waals surface area contributed by atoms with Crippen molar-refractivity contribution in [2.24, 2.45) is 0 Å². The van der Waals surface area contributed by atoms with Crippen LogP contribution < -0.4 is 14.7 Å². The molecular formula is C17H19ClNO6P. The van der Waals surface area contributed by atoms with Gasteiger partial charge in [0.2, 0.25) is 0 Å². The van der Waals surface area contributed by atoms with Gasteiger partial charge >= 0.3 is 12.9 Å². The predicted octanol–water partition coefficient (Wildman–Crippen LogP) is 4.07. The largest absolute Gasteiger partial charge is 0.532 e. The highest BCUT2D eigenvalue weighted by Crippen LogP contribution is 2.53. The predicted molar refractivity (Wildman–Crippen MR) is 97.0 cm³/mol. The van der Waals surface area contributed by atoms with E-state index >= 15 is 0 Å². The number of rotatable bonds is 9. The van der Waals surface area contributed by atoms with Gasteiger partial charge in [0.05, 0.1) is 13.7 Å². The molecule has 0 saturated heterocycles. The van der Waals surface area contributed by atoms with Gasteiger partial charge in [0, 0.05) is 11.2 Å². The number of methoxy groups -OCH3 is 1. The highest BCUT2D eigenvalue weighted by molar-refractivity contribution is 7.82. The van der Waals surface area contributed by atoms with Crippen LogP contribution in [0.1, 0.15) is 12.5 Å². The van der Waals surface area contributed by atoms with Gasteiger partial charge in [0.1, 0.15) is 17.5 Å². The van der Waals surface area contributed by atoms with E-state index in [4.69, 9.17) is 29.9 Å². The van der Waals surface area contributed by atoms with Crippen LogP contribution in [0.3, 0.4) is 0 Å². The van der Waals surface area contributed by atoms with Crippen molar-refractivity contribution >= 4 is 24.2 Å². The molecule has 7 nitrogen and oxygen atoms in total. The Morgan fingerprint density at radius 3 is 2.35 bits per heavy atom. The van der Waals surface area contributed by atoms with Gasteiger partial charge in [-0.3, -0.25) is 4.84 Å². The second-order valence-corrected chi connectivity index (χ2v) is 7.69. The quantitative estimate of drug-likeness (QED) is 0.502. The maximum absolute atomic E-state index is 12.1. The van der Waals surface area contributed by atoms with Gasteiger partial charge in [-0.05, 0) is 36.8 Å². The van der Waals surface area contributed by atoms with Gasteiger partial charge in [-0.2, -0.15) is 5.48 Å². The van der Waals surface area contributed by atoms with Crippen molar-refractivity contribution in [1.29, 1.82) is 0 Å². The summed E-state index contributed by atoms with van der Waals surface area (Å²) in [6, 6.07) is 14.7. The third kappa shape index (κ3) is 6.69. The lowest BCUT2D eigenvalue weighted by Crippen LogP contribution is -2.34. The standard InChI is InChI=1S/C17H19ClNO6P/c1-13(19-23-12-14-6-4-3-5-7-14)17(20)25-26(18,21)24-16-10-8-15(22-2)9-11-16/h3-11,13,19H,12H2,1-2H3/t13-,26?/m0/s1. The average molecular weight is 400 g/mol. The molecule has 0 fully saturated rings. The summed E-state index contributed by atoms with van der Waals surface area (Å²) in [5.41, 5.74) is 3.43. The topological polar surface area (TPSA) is 83.1 Å². The lowest BCUT2D eigenvalue weighted by atomic mass is 10.2. The van der Waals surface area contributed by atoms with Crippen LogP contribution in [-0.4, -0.2) is 19.1 Å². The molecule has 0 heterocycles. The Hall–Kier alpha value is -2.05. The molecule has 26 heavy (non-hydrogen) atoms. The molecule has 2 rings (SSSR count). The van der Waals surface area contributed by atoms with Crippen LogP contribution >= 0.6 is 18.2 Å². The van der Waals surface area contributed by atoms with E-state index in [1.807, 2.05) is 30.3 Å². The third-order valence-electron chi connectivity index (χ3n) is 3.17. The fourth-order valence-corrected chi connectivity index (χ4v) is 3.07. The molecule has 0 amide bonds. The maximum atomic E-state index is 12.1. The number of carbonyl (C=O) groups excluding carboxylic acids is 1. The van der Waals surface area contributed by atoms with E-state index in [9.17, 15) is 9.36 Å². The lowest BCUT2D eigenvalue weighted by molar-refractivity contribution is -0.141.